The van der Waals surface area contributed by atoms with Crippen molar-refractivity contribution in [3.63, 3.8) is 0 Å². The highest BCUT2D eigenvalue weighted by Crippen LogP contribution is 2.31. The molecule has 2 rings (SSSR count). The Bertz CT molecular complexity index is 656. The molecule has 0 fully saturated rings. The molecule has 0 aliphatic rings. The van der Waals surface area contributed by atoms with Gasteiger partial charge in [0.05, 0.1) is 20.3 Å². The first-order valence-electron chi connectivity index (χ1n) is 8.91. The number of hydrogen-bond acceptors (Lipinski definition) is 4. The number of methoxy groups -OCH3 is 1. The van der Waals surface area contributed by atoms with Crippen LogP contribution in [0.5, 0.6) is 0 Å². The van der Waals surface area contributed by atoms with E-state index in [4.69, 9.17) is 9.47 Å². The number of esters is 1. The highest BCUT2D eigenvalue weighted by molar-refractivity contribution is 8.00. The molecule has 4 heteroatoms. The monoisotopic (exact) mass is 372 g/mol. The molecule has 0 radical (unpaired) electrons. The van der Waals surface area contributed by atoms with Crippen LogP contribution < -0.4 is 0 Å². The smallest absolute Gasteiger partial charge is 0.319 e. The van der Waals surface area contributed by atoms with Gasteiger partial charge in [-0.25, -0.2) is 0 Å². The fourth-order valence-electron chi connectivity index (χ4n) is 2.63. The fourth-order valence-corrected chi connectivity index (χ4v) is 3.70. The Morgan fingerprint density at radius 3 is 2.27 bits per heavy atom. The normalized spacial score (nSPS) is 12.6. The molecule has 140 valence electrons. The van der Waals surface area contributed by atoms with E-state index < -0.39 is 0 Å². The summed E-state index contributed by atoms with van der Waals surface area (Å²) in [5.74, 6) is -0.167. The summed E-state index contributed by atoms with van der Waals surface area (Å²) in [6, 6.07) is 20.2. The van der Waals surface area contributed by atoms with Crippen LogP contribution >= 0.6 is 11.8 Å². The number of benzene rings is 2. The first kappa shape index (κ1) is 20.5. The second-order valence-corrected chi connectivity index (χ2v) is 8.40. The molecule has 0 aromatic heterocycles. The molecule has 0 bridgehead atoms. The quantitative estimate of drug-likeness (QED) is 0.416. The van der Waals surface area contributed by atoms with Crippen LogP contribution in [0.25, 0.3) is 0 Å². The molecule has 1 unspecified atom stereocenters. The molecule has 0 aliphatic heterocycles. The summed E-state index contributed by atoms with van der Waals surface area (Å²) in [5.41, 5.74) is 1.17. The third-order valence-corrected chi connectivity index (χ3v) is 5.43. The summed E-state index contributed by atoms with van der Waals surface area (Å²) in [5, 5.41) is -0.198. The van der Waals surface area contributed by atoms with Crippen molar-refractivity contribution in [1.82, 2.24) is 0 Å². The van der Waals surface area contributed by atoms with Crippen molar-refractivity contribution in [2.75, 3.05) is 13.7 Å². The van der Waals surface area contributed by atoms with Gasteiger partial charge in [0.25, 0.3) is 0 Å². The Balaban J connectivity index is 1.84. The van der Waals surface area contributed by atoms with Gasteiger partial charge in [-0.05, 0) is 36.0 Å². The van der Waals surface area contributed by atoms with Gasteiger partial charge in [0, 0.05) is 4.90 Å². The largest absolute Gasteiger partial charge is 0.468 e. The summed E-state index contributed by atoms with van der Waals surface area (Å²) in [6.45, 7) is 5.63. The van der Waals surface area contributed by atoms with E-state index in [1.165, 1.54) is 12.7 Å². The third-order valence-electron chi connectivity index (χ3n) is 4.17. The van der Waals surface area contributed by atoms with E-state index in [9.17, 15) is 4.79 Å². The van der Waals surface area contributed by atoms with Crippen molar-refractivity contribution < 1.29 is 14.3 Å². The van der Waals surface area contributed by atoms with Gasteiger partial charge >= 0.3 is 5.97 Å². The molecule has 3 nitrogen and oxygen atoms in total. The minimum Gasteiger partial charge on any atom is -0.468 e. The molecule has 2 aromatic rings. The first-order chi connectivity index (χ1) is 12.5. The molecule has 2 aromatic carbocycles. The standard InChI is InChI=1S/C22H28O3S/c1-22(2,17-25-16-18-10-6-4-7-11-18)15-14-20(21(23)24-3)26-19-12-8-5-9-13-19/h4-13,20H,14-17H2,1-3H3. The Labute approximate surface area is 161 Å². The first-order valence-corrected chi connectivity index (χ1v) is 9.79. The fraction of sp³-hybridized carbons (Fsp3) is 0.409. The zero-order chi connectivity index (χ0) is 18.8. The molecule has 1 atom stereocenters. The third kappa shape index (κ3) is 7.22. The molecular weight excluding hydrogens is 344 g/mol. The average Bonchev–Trinajstić information content (AvgIpc) is 2.66. The molecule has 0 spiro atoms. The molecular formula is C22H28O3S. The van der Waals surface area contributed by atoms with Gasteiger partial charge in [-0.3, -0.25) is 4.79 Å². The number of hydrogen-bond donors (Lipinski definition) is 0. The summed E-state index contributed by atoms with van der Waals surface area (Å²) in [6.07, 6.45) is 1.65. The zero-order valence-electron chi connectivity index (χ0n) is 15.8. The number of ether oxygens (including phenoxy) is 2. The molecule has 0 amide bonds. The number of thioether (sulfide) groups is 1. The summed E-state index contributed by atoms with van der Waals surface area (Å²) >= 11 is 1.57. The van der Waals surface area contributed by atoms with Gasteiger partial charge < -0.3 is 9.47 Å². The van der Waals surface area contributed by atoms with Crippen LogP contribution in [0.15, 0.2) is 65.6 Å². The van der Waals surface area contributed by atoms with E-state index in [0.29, 0.717) is 13.2 Å². The SMILES string of the molecule is COC(=O)C(CCC(C)(C)COCc1ccccc1)Sc1ccccc1. The van der Waals surface area contributed by atoms with Crippen molar-refractivity contribution in [3.05, 3.63) is 66.2 Å². The maximum atomic E-state index is 12.2. The van der Waals surface area contributed by atoms with Gasteiger partial charge in [0.2, 0.25) is 0 Å². The molecule has 0 saturated carbocycles. The lowest BCUT2D eigenvalue weighted by Gasteiger charge is -2.26. The number of carbonyl (C=O) groups excluding carboxylic acids is 1. The summed E-state index contributed by atoms with van der Waals surface area (Å²) < 4.78 is 10.9. The highest BCUT2D eigenvalue weighted by Gasteiger charge is 2.26. The van der Waals surface area contributed by atoms with Crippen molar-refractivity contribution in [1.29, 1.82) is 0 Å². The summed E-state index contributed by atoms with van der Waals surface area (Å²) in [7, 11) is 1.45. The van der Waals surface area contributed by atoms with E-state index in [-0.39, 0.29) is 16.6 Å². The van der Waals surface area contributed by atoms with Crippen LogP contribution in [-0.4, -0.2) is 24.9 Å². The molecule has 0 N–H and O–H groups in total. The lowest BCUT2D eigenvalue weighted by molar-refractivity contribution is -0.140. The second-order valence-electron chi connectivity index (χ2n) is 7.12. The predicted molar refractivity (Wildman–Crippen MR) is 107 cm³/mol. The van der Waals surface area contributed by atoms with Gasteiger partial charge in [-0.15, -0.1) is 11.8 Å². The van der Waals surface area contributed by atoms with Crippen LogP contribution in [0, 0.1) is 5.41 Å². The highest BCUT2D eigenvalue weighted by atomic mass is 32.2. The second kappa shape index (κ2) is 10.4. The van der Waals surface area contributed by atoms with Gasteiger partial charge in [0.15, 0.2) is 0 Å². The Hall–Kier alpha value is -1.78. The lowest BCUT2D eigenvalue weighted by atomic mass is 9.88. The zero-order valence-corrected chi connectivity index (χ0v) is 16.6. The Morgan fingerprint density at radius 2 is 1.65 bits per heavy atom. The van der Waals surface area contributed by atoms with Gasteiger partial charge in [-0.2, -0.15) is 0 Å². The maximum absolute atomic E-state index is 12.2. The van der Waals surface area contributed by atoms with Crippen molar-refractivity contribution >= 4 is 17.7 Å². The molecule has 0 heterocycles. The van der Waals surface area contributed by atoms with Crippen LogP contribution in [0.4, 0.5) is 0 Å². The van der Waals surface area contributed by atoms with Crippen molar-refractivity contribution in [2.45, 2.75) is 43.4 Å². The van der Waals surface area contributed by atoms with Gasteiger partial charge in [0.1, 0.15) is 5.25 Å². The van der Waals surface area contributed by atoms with Crippen LogP contribution in [0.3, 0.4) is 0 Å². The van der Waals surface area contributed by atoms with E-state index in [2.05, 4.69) is 26.0 Å². The van der Waals surface area contributed by atoms with Crippen LogP contribution in [0.1, 0.15) is 32.3 Å². The molecule has 0 aliphatic carbocycles. The van der Waals surface area contributed by atoms with Crippen molar-refractivity contribution in [3.8, 4) is 0 Å². The number of carbonyl (C=O) groups is 1. The maximum Gasteiger partial charge on any atom is 0.319 e. The molecule has 26 heavy (non-hydrogen) atoms. The van der Waals surface area contributed by atoms with E-state index in [0.717, 1.165) is 17.7 Å². The van der Waals surface area contributed by atoms with E-state index >= 15 is 0 Å². The minimum atomic E-state index is -0.198. The van der Waals surface area contributed by atoms with Gasteiger partial charge in [-0.1, -0.05) is 62.4 Å². The average molecular weight is 373 g/mol. The summed E-state index contributed by atoms with van der Waals surface area (Å²) in [4.78, 5) is 13.2. The predicted octanol–water partition coefficient (Wildman–Crippen LogP) is 5.34. The lowest BCUT2D eigenvalue weighted by Crippen LogP contribution is -2.25. The number of rotatable bonds is 10. The minimum absolute atomic E-state index is 0.00169. The van der Waals surface area contributed by atoms with Crippen molar-refractivity contribution in [2.24, 2.45) is 5.41 Å². The van der Waals surface area contributed by atoms with Crippen LogP contribution in [-0.2, 0) is 20.9 Å². The Kier molecular flexibility index (Phi) is 8.20. The van der Waals surface area contributed by atoms with E-state index in [1.54, 1.807) is 11.8 Å². The van der Waals surface area contributed by atoms with Crippen LogP contribution in [0.2, 0.25) is 0 Å². The topological polar surface area (TPSA) is 35.5 Å². The van der Waals surface area contributed by atoms with E-state index in [1.807, 2.05) is 48.5 Å². The molecule has 0 saturated heterocycles. The Morgan fingerprint density at radius 1 is 1.04 bits per heavy atom.